The molecule has 0 atom stereocenters. The normalized spacial score (nSPS) is 10.4. The molecule has 1 heterocycles. The van der Waals surface area contributed by atoms with E-state index in [0.717, 1.165) is 19.8 Å². The predicted molar refractivity (Wildman–Crippen MR) is 102 cm³/mol. The number of para-hydroxylation sites is 1. The molecule has 7 heteroatoms. The lowest BCUT2D eigenvalue weighted by Crippen LogP contribution is -2.08. The van der Waals surface area contributed by atoms with E-state index in [0.29, 0.717) is 5.56 Å². The fourth-order valence-electron chi connectivity index (χ4n) is 2.37. The standard InChI is InChI=1S/C18H12O4S3/c1-10(19)22-17-13(3-2-4-14(17)18(20)21)11-5-7-12(8-6-11)15-9-16(23)25-24-15/h2-9H,1H3,(H,20,21). The van der Waals surface area contributed by atoms with E-state index in [1.807, 2.05) is 30.3 Å². The van der Waals surface area contributed by atoms with Crippen molar-refractivity contribution in [1.82, 2.24) is 0 Å². The molecule has 0 fully saturated rings. The minimum absolute atomic E-state index is 0.0485. The highest BCUT2D eigenvalue weighted by Gasteiger charge is 2.18. The second-order valence-corrected chi connectivity index (χ2v) is 8.06. The van der Waals surface area contributed by atoms with Crippen molar-refractivity contribution in [1.29, 1.82) is 0 Å². The van der Waals surface area contributed by atoms with Gasteiger partial charge in [-0.1, -0.05) is 69.3 Å². The first kappa shape index (κ1) is 17.5. The lowest BCUT2D eigenvalue weighted by atomic mass is 10.00. The van der Waals surface area contributed by atoms with E-state index in [4.69, 9.17) is 17.0 Å². The van der Waals surface area contributed by atoms with Gasteiger partial charge in [0.25, 0.3) is 0 Å². The van der Waals surface area contributed by atoms with Gasteiger partial charge in [-0.3, -0.25) is 4.79 Å². The Kier molecular flexibility index (Phi) is 5.08. The summed E-state index contributed by atoms with van der Waals surface area (Å²) in [7, 11) is 3.16. The lowest BCUT2D eigenvalue weighted by molar-refractivity contribution is -0.131. The van der Waals surface area contributed by atoms with Crippen LogP contribution in [0.2, 0.25) is 0 Å². The number of hydrogen-bond acceptors (Lipinski definition) is 6. The van der Waals surface area contributed by atoms with Gasteiger partial charge in [0.15, 0.2) is 5.75 Å². The largest absolute Gasteiger partial charge is 0.478 e. The molecular formula is C18H12O4S3. The van der Waals surface area contributed by atoms with Gasteiger partial charge in [-0.25, -0.2) is 4.79 Å². The molecule has 0 saturated heterocycles. The summed E-state index contributed by atoms with van der Waals surface area (Å²) in [6, 6.07) is 14.3. The van der Waals surface area contributed by atoms with Crippen molar-refractivity contribution in [2.24, 2.45) is 0 Å². The molecule has 2 aromatic carbocycles. The van der Waals surface area contributed by atoms with Crippen LogP contribution in [0.1, 0.15) is 17.3 Å². The van der Waals surface area contributed by atoms with Crippen molar-refractivity contribution < 1.29 is 19.4 Å². The molecule has 0 radical (unpaired) electrons. The number of benzene rings is 2. The maximum atomic E-state index is 11.4. The number of hydrogen-bond donors (Lipinski definition) is 1. The van der Waals surface area contributed by atoms with Crippen LogP contribution in [-0.2, 0) is 4.79 Å². The quantitative estimate of drug-likeness (QED) is 0.277. The number of carbonyl (C=O) groups excluding carboxylic acids is 1. The van der Waals surface area contributed by atoms with E-state index in [9.17, 15) is 14.7 Å². The molecule has 0 amide bonds. The summed E-state index contributed by atoms with van der Waals surface area (Å²) in [6.07, 6.45) is 0. The first-order chi connectivity index (χ1) is 12.0. The van der Waals surface area contributed by atoms with Crippen molar-refractivity contribution in [2.75, 3.05) is 0 Å². The van der Waals surface area contributed by atoms with Gasteiger partial charge in [-0.05, 0) is 23.3 Å². The molecule has 0 aliphatic carbocycles. The molecule has 0 spiro atoms. The van der Waals surface area contributed by atoms with Crippen LogP contribution >= 0.6 is 32.9 Å². The molecule has 0 saturated carbocycles. The Bertz CT molecular complexity index is 1000. The van der Waals surface area contributed by atoms with Crippen LogP contribution in [0.15, 0.2) is 48.5 Å². The summed E-state index contributed by atoms with van der Waals surface area (Å²) in [6.45, 7) is 1.25. The van der Waals surface area contributed by atoms with E-state index in [1.165, 1.54) is 13.0 Å². The smallest absolute Gasteiger partial charge is 0.339 e. The van der Waals surface area contributed by atoms with Crippen LogP contribution in [0.4, 0.5) is 0 Å². The van der Waals surface area contributed by atoms with Gasteiger partial charge in [0.05, 0.1) is 0 Å². The molecule has 0 aliphatic heterocycles. The number of carboxylic acid groups (broad SMARTS) is 1. The fraction of sp³-hybridized carbons (Fsp3) is 0.0556. The Labute approximate surface area is 156 Å². The van der Waals surface area contributed by atoms with Gasteiger partial charge < -0.3 is 9.84 Å². The second-order valence-electron chi connectivity index (χ2n) is 5.15. The third-order valence-corrected chi connectivity index (χ3v) is 6.34. The number of ether oxygens (including phenoxy) is 1. The topological polar surface area (TPSA) is 63.6 Å². The highest BCUT2D eigenvalue weighted by Crippen LogP contribution is 2.36. The zero-order chi connectivity index (χ0) is 18.0. The summed E-state index contributed by atoms with van der Waals surface area (Å²) in [5, 5.41) is 9.35. The number of esters is 1. The zero-order valence-corrected chi connectivity index (χ0v) is 15.5. The highest BCUT2D eigenvalue weighted by atomic mass is 32.9. The molecule has 4 nitrogen and oxygen atoms in total. The molecule has 0 unspecified atom stereocenters. The predicted octanol–water partition coefficient (Wildman–Crippen LogP) is 5.50. The SMILES string of the molecule is CC(=O)Oc1c(C(=O)O)cccc1-c1ccc(-c2cc(=S)ss2)cc1. The number of carboxylic acids is 1. The summed E-state index contributed by atoms with van der Waals surface area (Å²) in [5.41, 5.74) is 2.30. The van der Waals surface area contributed by atoms with Crippen LogP contribution in [0.25, 0.3) is 21.6 Å². The Balaban J connectivity index is 2.06. The number of rotatable bonds is 4. The molecule has 3 aromatic rings. The van der Waals surface area contributed by atoms with Crippen molar-refractivity contribution in [2.45, 2.75) is 6.92 Å². The van der Waals surface area contributed by atoms with E-state index in [2.05, 4.69) is 0 Å². The van der Waals surface area contributed by atoms with Gasteiger partial charge in [-0.2, -0.15) is 0 Å². The molecule has 126 valence electrons. The molecule has 0 aliphatic rings. The van der Waals surface area contributed by atoms with Crippen LogP contribution < -0.4 is 4.74 Å². The maximum absolute atomic E-state index is 11.4. The van der Waals surface area contributed by atoms with Crippen molar-refractivity contribution in [3.63, 3.8) is 0 Å². The number of carbonyl (C=O) groups is 2. The van der Waals surface area contributed by atoms with E-state index in [-0.39, 0.29) is 11.3 Å². The van der Waals surface area contributed by atoms with Gasteiger partial charge in [-0.15, -0.1) is 0 Å². The second kappa shape index (κ2) is 7.26. The fourth-order valence-corrected chi connectivity index (χ4v) is 4.78. The molecule has 1 aromatic heterocycles. The first-order valence-corrected chi connectivity index (χ1v) is 9.77. The molecule has 0 bridgehead atoms. The highest BCUT2D eigenvalue weighted by molar-refractivity contribution is 7.80. The minimum Gasteiger partial charge on any atom is -0.478 e. The van der Waals surface area contributed by atoms with Gasteiger partial charge in [0, 0.05) is 17.4 Å². The summed E-state index contributed by atoms with van der Waals surface area (Å²) >= 11 is 5.16. The summed E-state index contributed by atoms with van der Waals surface area (Å²) < 4.78 is 6.02. The number of aromatic carboxylic acids is 1. The summed E-state index contributed by atoms with van der Waals surface area (Å²) in [5.74, 6) is -1.65. The van der Waals surface area contributed by atoms with Crippen LogP contribution in [0.5, 0.6) is 5.75 Å². The lowest BCUT2D eigenvalue weighted by Gasteiger charge is -2.12. The molecule has 3 rings (SSSR count). The minimum atomic E-state index is -1.15. The average molecular weight is 388 g/mol. The monoisotopic (exact) mass is 388 g/mol. The average Bonchev–Trinajstić information content (AvgIpc) is 3.01. The third-order valence-electron chi connectivity index (χ3n) is 3.43. The summed E-state index contributed by atoms with van der Waals surface area (Å²) in [4.78, 5) is 23.9. The van der Waals surface area contributed by atoms with Gasteiger partial charge in [0.2, 0.25) is 0 Å². The Morgan fingerprint density at radius 1 is 1.04 bits per heavy atom. The van der Waals surface area contributed by atoms with Gasteiger partial charge in [0.1, 0.15) is 9.39 Å². The van der Waals surface area contributed by atoms with Crippen LogP contribution in [0, 0.1) is 3.82 Å². The molecule has 1 N–H and O–H groups in total. The Morgan fingerprint density at radius 2 is 1.72 bits per heavy atom. The maximum Gasteiger partial charge on any atom is 0.339 e. The first-order valence-electron chi connectivity index (χ1n) is 7.21. The van der Waals surface area contributed by atoms with E-state index < -0.39 is 11.9 Å². The van der Waals surface area contributed by atoms with Crippen LogP contribution in [0.3, 0.4) is 0 Å². The van der Waals surface area contributed by atoms with E-state index >= 15 is 0 Å². The van der Waals surface area contributed by atoms with Gasteiger partial charge >= 0.3 is 11.9 Å². The zero-order valence-electron chi connectivity index (χ0n) is 13.0. The van der Waals surface area contributed by atoms with Crippen LogP contribution in [-0.4, -0.2) is 17.0 Å². The molecular weight excluding hydrogens is 376 g/mol. The van der Waals surface area contributed by atoms with Crippen molar-refractivity contribution >= 4 is 44.8 Å². The Hall–Kier alpha value is -2.35. The third kappa shape index (κ3) is 3.84. The van der Waals surface area contributed by atoms with Crippen molar-refractivity contribution in [3.8, 4) is 27.3 Å². The van der Waals surface area contributed by atoms with E-state index in [1.54, 1.807) is 32.8 Å². The Morgan fingerprint density at radius 3 is 2.28 bits per heavy atom. The van der Waals surface area contributed by atoms with Crippen molar-refractivity contribution in [3.05, 3.63) is 57.9 Å². The molecule has 25 heavy (non-hydrogen) atoms.